The zero-order valence-corrected chi connectivity index (χ0v) is 11.5. The molecule has 1 amide bonds. The van der Waals surface area contributed by atoms with Crippen LogP contribution in [0.25, 0.3) is 0 Å². The van der Waals surface area contributed by atoms with Crippen LogP contribution in [0.15, 0.2) is 36.4 Å². The van der Waals surface area contributed by atoms with Crippen LogP contribution in [-0.2, 0) is 14.3 Å². The standard InChI is InChI=1S/C16H15NO4/c1-9-3-2-4-10(7-9)17-8-16-6-5-11(21-16)12(15(19)20)13(16)14(17)18/h2-7,11-13H,8H2,1H3,(H,19,20)/t11-,12?,13+,16-/m1/s1. The summed E-state index contributed by atoms with van der Waals surface area (Å²) >= 11 is 0. The molecule has 0 aromatic heterocycles. The minimum atomic E-state index is -0.962. The van der Waals surface area contributed by atoms with Crippen LogP contribution in [0.5, 0.6) is 0 Å². The van der Waals surface area contributed by atoms with Gasteiger partial charge in [0.15, 0.2) is 0 Å². The summed E-state index contributed by atoms with van der Waals surface area (Å²) in [7, 11) is 0. The van der Waals surface area contributed by atoms with Crippen LogP contribution in [0.4, 0.5) is 5.69 Å². The molecule has 0 radical (unpaired) electrons. The van der Waals surface area contributed by atoms with E-state index in [1.165, 1.54) is 0 Å². The van der Waals surface area contributed by atoms with Crippen molar-refractivity contribution in [1.82, 2.24) is 0 Å². The van der Waals surface area contributed by atoms with Gasteiger partial charge in [0.25, 0.3) is 0 Å². The van der Waals surface area contributed by atoms with Crippen LogP contribution >= 0.6 is 0 Å². The number of fused-ring (bicyclic) bond motifs is 1. The van der Waals surface area contributed by atoms with Crippen molar-refractivity contribution in [2.24, 2.45) is 11.8 Å². The van der Waals surface area contributed by atoms with Gasteiger partial charge in [0.05, 0.1) is 18.6 Å². The van der Waals surface area contributed by atoms with Crippen molar-refractivity contribution in [3.63, 3.8) is 0 Å². The third-order valence-corrected chi connectivity index (χ3v) is 4.70. The average Bonchev–Trinajstić information content (AvgIpc) is 3.07. The fourth-order valence-corrected chi connectivity index (χ4v) is 3.79. The minimum Gasteiger partial charge on any atom is -0.481 e. The molecule has 21 heavy (non-hydrogen) atoms. The number of nitrogens with zero attached hydrogens (tertiary/aromatic N) is 1. The van der Waals surface area contributed by atoms with Crippen molar-refractivity contribution in [2.75, 3.05) is 11.4 Å². The Morgan fingerprint density at radius 2 is 2.29 bits per heavy atom. The number of carbonyl (C=O) groups is 2. The molecule has 1 unspecified atom stereocenters. The summed E-state index contributed by atoms with van der Waals surface area (Å²) in [5, 5.41) is 9.41. The number of aliphatic carboxylic acids is 1. The maximum Gasteiger partial charge on any atom is 0.310 e. The molecular weight excluding hydrogens is 270 g/mol. The first kappa shape index (κ1) is 12.6. The molecular formula is C16H15NO4. The molecule has 3 heterocycles. The minimum absolute atomic E-state index is 0.153. The monoisotopic (exact) mass is 285 g/mol. The van der Waals surface area contributed by atoms with Gasteiger partial charge in [-0.25, -0.2) is 0 Å². The Balaban J connectivity index is 1.75. The van der Waals surface area contributed by atoms with Crippen molar-refractivity contribution < 1.29 is 19.4 Å². The first-order valence-electron chi connectivity index (χ1n) is 7.00. The van der Waals surface area contributed by atoms with E-state index in [1.807, 2.05) is 37.3 Å². The molecule has 4 rings (SSSR count). The summed E-state index contributed by atoms with van der Waals surface area (Å²) in [6, 6.07) is 7.66. The second-order valence-electron chi connectivity index (χ2n) is 6.00. The number of carbonyl (C=O) groups excluding carboxylic acids is 1. The van der Waals surface area contributed by atoms with Crippen LogP contribution in [-0.4, -0.2) is 35.2 Å². The average molecular weight is 285 g/mol. The molecule has 5 heteroatoms. The van der Waals surface area contributed by atoms with Crippen LogP contribution in [0.3, 0.4) is 0 Å². The number of amides is 1. The zero-order chi connectivity index (χ0) is 14.8. The van der Waals surface area contributed by atoms with E-state index in [0.717, 1.165) is 11.3 Å². The number of ether oxygens (including phenoxy) is 1. The molecule has 2 fully saturated rings. The van der Waals surface area contributed by atoms with Crippen LogP contribution in [0, 0.1) is 18.8 Å². The van der Waals surface area contributed by atoms with Gasteiger partial charge in [0.1, 0.15) is 11.5 Å². The summed E-state index contributed by atoms with van der Waals surface area (Å²) in [4.78, 5) is 25.9. The van der Waals surface area contributed by atoms with Gasteiger partial charge in [-0.2, -0.15) is 0 Å². The molecule has 2 saturated heterocycles. The van der Waals surface area contributed by atoms with E-state index in [0.29, 0.717) is 6.54 Å². The molecule has 108 valence electrons. The van der Waals surface area contributed by atoms with Crippen molar-refractivity contribution in [3.8, 4) is 0 Å². The summed E-state index contributed by atoms with van der Waals surface area (Å²) in [5.74, 6) is -2.52. The highest BCUT2D eigenvalue weighted by atomic mass is 16.5. The quantitative estimate of drug-likeness (QED) is 0.833. The number of hydrogen-bond acceptors (Lipinski definition) is 3. The first-order valence-corrected chi connectivity index (χ1v) is 7.00. The number of carboxylic acids is 1. The van der Waals surface area contributed by atoms with E-state index in [1.54, 1.807) is 11.0 Å². The molecule has 2 bridgehead atoms. The highest BCUT2D eigenvalue weighted by Crippen LogP contribution is 2.52. The Kier molecular flexibility index (Phi) is 2.37. The fourth-order valence-electron chi connectivity index (χ4n) is 3.79. The molecule has 1 aromatic carbocycles. The smallest absolute Gasteiger partial charge is 0.310 e. The zero-order valence-electron chi connectivity index (χ0n) is 11.5. The molecule has 0 aliphatic carbocycles. The predicted molar refractivity (Wildman–Crippen MR) is 74.9 cm³/mol. The third-order valence-electron chi connectivity index (χ3n) is 4.70. The fraction of sp³-hybridized carbons (Fsp3) is 0.375. The molecule has 3 aliphatic heterocycles. The summed E-state index contributed by atoms with van der Waals surface area (Å²) in [6.45, 7) is 2.35. The van der Waals surface area contributed by atoms with Gasteiger partial charge in [-0.3, -0.25) is 9.59 Å². The Hall–Kier alpha value is -2.14. The van der Waals surface area contributed by atoms with Gasteiger partial charge in [-0.1, -0.05) is 24.3 Å². The van der Waals surface area contributed by atoms with Crippen molar-refractivity contribution >= 4 is 17.6 Å². The highest BCUT2D eigenvalue weighted by Gasteiger charge is 2.67. The van der Waals surface area contributed by atoms with Gasteiger partial charge < -0.3 is 14.7 Å². The normalized spacial score (nSPS) is 36.3. The molecule has 5 nitrogen and oxygen atoms in total. The second kappa shape index (κ2) is 3.95. The van der Waals surface area contributed by atoms with Crippen LogP contribution < -0.4 is 4.90 Å². The van der Waals surface area contributed by atoms with E-state index in [2.05, 4.69) is 0 Å². The SMILES string of the molecule is Cc1cccc(N2C[C@@]34C=C[C@@H](O3)C(C(=O)O)[C@H]4C2=O)c1. The Morgan fingerprint density at radius 1 is 1.48 bits per heavy atom. The molecule has 1 spiro atoms. The van der Waals surface area contributed by atoms with E-state index in [4.69, 9.17) is 4.74 Å². The van der Waals surface area contributed by atoms with Gasteiger partial charge in [0, 0.05) is 5.69 Å². The third kappa shape index (κ3) is 1.55. The topological polar surface area (TPSA) is 66.8 Å². The number of hydrogen-bond donors (Lipinski definition) is 1. The van der Waals surface area contributed by atoms with E-state index in [-0.39, 0.29) is 5.91 Å². The van der Waals surface area contributed by atoms with Crippen LogP contribution in [0.2, 0.25) is 0 Å². The molecule has 1 aromatic rings. The predicted octanol–water partition coefficient (Wildman–Crippen LogP) is 1.37. The number of carboxylic acid groups (broad SMARTS) is 1. The van der Waals surface area contributed by atoms with Gasteiger partial charge in [-0.05, 0) is 24.6 Å². The number of anilines is 1. The van der Waals surface area contributed by atoms with Crippen molar-refractivity contribution in [3.05, 3.63) is 42.0 Å². The Labute approximate surface area is 121 Å². The number of benzene rings is 1. The summed E-state index contributed by atoms with van der Waals surface area (Å²) in [6.07, 6.45) is 3.17. The first-order chi connectivity index (χ1) is 10.0. The molecule has 3 aliphatic rings. The molecule has 4 atom stereocenters. The second-order valence-corrected chi connectivity index (χ2v) is 6.00. The lowest BCUT2D eigenvalue weighted by Gasteiger charge is -2.21. The van der Waals surface area contributed by atoms with E-state index < -0.39 is 29.5 Å². The lowest BCUT2D eigenvalue weighted by atomic mass is 9.77. The van der Waals surface area contributed by atoms with Gasteiger partial charge in [0.2, 0.25) is 5.91 Å². The van der Waals surface area contributed by atoms with Crippen LogP contribution in [0.1, 0.15) is 5.56 Å². The highest BCUT2D eigenvalue weighted by molar-refractivity contribution is 6.02. The largest absolute Gasteiger partial charge is 0.481 e. The maximum atomic E-state index is 12.7. The van der Waals surface area contributed by atoms with Crippen molar-refractivity contribution in [1.29, 1.82) is 0 Å². The number of rotatable bonds is 2. The summed E-state index contributed by atoms with van der Waals surface area (Å²) < 4.78 is 5.86. The molecule has 0 saturated carbocycles. The van der Waals surface area contributed by atoms with E-state index in [9.17, 15) is 14.7 Å². The van der Waals surface area contributed by atoms with Gasteiger partial charge in [-0.15, -0.1) is 0 Å². The lowest BCUT2D eigenvalue weighted by molar-refractivity contribution is -0.146. The molecule has 1 N–H and O–H groups in total. The van der Waals surface area contributed by atoms with E-state index >= 15 is 0 Å². The lowest BCUT2D eigenvalue weighted by Crippen LogP contribution is -2.39. The summed E-state index contributed by atoms with van der Waals surface area (Å²) in [5.41, 5.74) is 1.09. The Bertz CT molecular complexity index is 683. The maximum absolute atomic E-state index is 12.7. The number of aryl methyl sites for hydroxylation is 1. The van der Waals surface area contributed by atoms with Crippen molar-refractivity contribution in [2.45, 2.75) is 18.6 Å². The van der Waals surface area contributed by atoms with Gasteiger partial charge >= 0.3 is 5.97 Å². The Morgan fingerprint density at radius 3 is 3.00 bits per heavy atom.